The Morgan fingerprint density at radius 2 is 1.78 bits per heavy atom. The molecule has 0 unspecified atom stereocenters. The van der Waals surface area contributed by atoms with Crippen LogP contribution in [0.1, 0.15) is 37.3 Å². The molecular formula is C29H37N7O. The van der Waals surface area contributed by atoms with E-state index in [2.05, 4.69) is 77.1 Å². The molecule has 0 aliphatic carbocycles. The van der Waals surface area contributed by atoms with Gasteiger partial charge in [-0.3, -0.25) is 0 Å². The fraction of sp³-hybridized carbons (Fsp3) is 0.483. The molecule has 37 heavy (non-hydrogen) atoms. The van der Waals surface area contributed by atoms with Gasteiger partial charge in [0.05, 0.1) is 19.5 Å². The molecule has 6 rings (SSSR count). The lowest BCUT2D eigenvalue weighted by Crippen LogP contribution is -2.51. The normalized spacial score (nSPS) is 19.4. The molecule has 4 aromatic rings. The Hall–Kier alpha value is -3.23. The van der Waals surface area contributed by atoms with Crippen molar-refractivity contribution in [2.45, 2.75) is 51.2 Å². The lowest BCUT2D eigenvalue weighted by Gasteiger charge is -2.33. The zero-order valence-electron chi connectivity index (χ0n) is 22.2. The summed E-state index contributed by atoms with van der Waals surface area (Å²) in [6.45, 7) is 6.36. The summed E-state index contributed by atoms with van der Waals surface area (Å²) in [5.41, 5.74) is 4.23. The summed E-state index contributed by atoms with van der Waals surface area (Å²) in [4.78, 5) is 19.3. The topological polar surface area (TPSA) is 71.3 Å². The van der Waals surface area contributed by atoms with Crippen LogP contribution in [0.5, 0.6) is 5.88 Å². The molecule has 2 aliphatic rings. The van der Waals surface area contributed by atoms with E-state index in [-0.39, 0.29) is 0 Å². The van der Waals surface area contributed by atoms with Gasteiger partial charge in [-0.1, -0.05) is 43.3 Å². The summed E-state index contributed by atoms with van der Waals surface area (Å²) in [5.74, 6) is 1.35. The third kappa shape index (κ3) is 4.88. The third-order valence-electron chi connectivity index (χ3n) is 7.71. The first-order valence-corrected chi connectivity index (χ1v) is 13.6. The molecule has 1 N–H and O–H groups in total. The molecule has 2 atom stereocenters. The maximum absolute atomic E-state index is 6.24. The molecular weight excluding hydrogens is 462 g/mol. The first kappa shape index (κ1) is 24.1. The van der Waals surface area contributed by atoms with Gasteiger partial charge in [-0.05, 0) is 61.7 Å². The number of aryl methyl sites for hydroxylation is 1. The predicted octanol–water partition coefficient (Wildman–Crippen LogP) is 3.86. The van der Waals surface area contributed by atoms with Crippen molar-refractivity contribution < 1.29 is 4.74 Å². The minimum atomic E-state index is 0.510. The van der Waals surface area contributed by atoms with Gasteiger partial charge in [-0.15, -0.1) is 0 Å². The van der Waals surface area contributed by atoms with E-state index in [1.54, 1.807) is 0 Å². The summed E-state index contributed by atoms with van der Waals surface area (Å²) in [6, 6.07) is 14.2. The number of imidazole rings is 1. The van der Waals surface area contributed by atoms with Gasteiger partial charge in [-0.2, -0.15) is 9.97 Å². The molecule has 2 aromatic heterocycles. The van der Waals surface area contributed by atoms with Crippen LogP contribution in [0, 0.1) is 0 Å². The van der Waals surface area contributed by atoms with Crippen LogP contribution in [-0.2, 0) is 13.0 Å². The van der Waals surface area contributed by atoms with Crippen molar-refractivity contribution in [3.63, 3.8) is 0 Å². The van der Waals surface area contributed by atoms with Crippen molar-refractivity contribution in [2.24, 2.45) is 0 Å². The Morgan fingerprint density at radius 1 is 1.03 bits per heavy atom. The molecule has 2 aromatic carbocycles. The molecule has 4 heterocycles. The monoisotopic (exact) mass is 499 g/mol. The molecule has 8 heteroatoms. The number of benzene rings is 2. The van der Waals surface area contributed by atoms with E-state index in [4.69, 9.17) is 19.7 Å². The van der Waals surface area contributed by atoms with Crippen molar-refractivity contribution in [1.29, 1.82) is 0 Å². The minimum Gasteiger partial charge on any atom is -0.476 e. The molecule has 0 amide bonds. The molecule has 8 nitrogen and oxygen atoms in total. The van der Waals surface area contributed by atoms with E-state index in [1.165, 1.54) is 34.7 Å². The number of nitrogens with one attached hydrogen (secondary N) is 1. The van der Waals surface area contributed by atoms with Gasteiger partial charge in [0, 0.05) is 31.7 Å². The lowest BCUT2D eigenvalue weighted by molar-refractivity contribution is 0.275. The Morgan fingerprint density at radius 3 is 2.51 bits per heavy atom. The number of hydrogen-bond donors (Lipinski definition) is 1. The Balaban J connectivity index is 1.38. The van der Waals surface area contributed by atoms with Gasteiger partial charge in [0.25, 0.3) is 0 Å². The third-order valence-corrected chi connectivity index (χ3v) is 7.71. The van der Waals surface area contributed by atoms with Crippen LogP contribution in [0.25, 0.3) is 21.9 Å². The van der Waals surface area contributed by atoms with E-state index in [0.717, 1.165) is 49.6 Å². The molecule has 0 radical (unpaired) electrons. The average molecular weight is 500 g/mol. The molecule has 0 spiro atoms. The fourth-order valence-electron chi connectivity index (χ4n) is 5.89. The number of rotatable bonds is 9. The zero-order chi connectivity index (χ0) is 25.4. The van der Waals surface area contributed by atoms with E-state index >= 15 is 0 Å². The largest absolute Gasteiger partial charge is 0.476 e. The van der Waals surface area contributed by atoms with Crippen LogP contribution >= 0.6 is 0 Å². The number of ether oxygens (including phenoxy) is 1. The van der Waals surface area contributed by atoms with Crippen LogP contribution in [0.4, 0.5) is 5.95 Å². The zero-order valence-corrected chi connectivity index (χ0v) is 22.2. The number of aromatic nitrogens is 4. The second-order valence-electron chi connectivity index (χ2n) is 10.7. The molecule has 2 saturated heterocycles. The molecule has 0 saturated carbocycles. The van der Waals surface area contributed by atoms with Crippen molar-refractivity contribution in [3.8, 4) is 5.88 Å². The number of fused-ring (bicyclic) bond motifs is 4. The van der Waals surface area contributed by atoms with Crippen LogP contribution in [0.3, 0.4) is 0 Å². The summed E-state index contributed by atoms with van der Waals surface area (Å²) in [5, 5.41) is 6.32. The smallest absolute Gasteiger partial charge is 0.247 e. The highest BCUT2D eigenvalue weighted by Crippen LogP contribution is 2.30. The molecule has 2 fully saturated rings. The highest BCUT2D eigenvalue weighted by molar-refractivity contribution is 5.89. The van der Waals surface area contributed by atoms with Gasteiger partial charge >= 0.3 is 0 Å². The Bertz CT molecular complexity index is 1380. The first-order valence-electron chi connectivity index (χ1n) is 13.6. The van der Waals surface area contributed by atoms with Crippen molar-refractivity contribution in [1.82, 2.24) is 29.7 Å². The maximum atomic E-state index is 6.24. The second-order valence-corrected chi connectivity index (χ2v) is 10.7. The van der Waals surface area contributed by atoms with Crippen LogP contribution in [-0.4, -0.2) is 76.8 Å². The summed E-state index contributed by atoms with van der Waals surface area (Å²) in [6.07, 6.45) is 6.26. The van der Waals surface area contributed by atoms with Gasteiger partial charge in [0.15, 0.2) is 11.2 Å². The first-order chi connectivity index (χ1) is 18.1. The molecule has 2 bridgehead atoms. The van der Waals surface area contributed by atoms with Crippen LogP contribution in [0.15, 0.2) is 42.7 Å². The second kappa shape index (κ2) is 10.3. The van der Waals surface area contributed by atoms with E-state index in [1.807, 2.05) is 6.33 Å². The number of anilines is 1. The molecule has 194 valence electrons. The summed E-state index contributed by atoms with van der Waals surface area (Å²) in [7, 11) is 4.16. The predicted molar refractivity (Wildman–Crippen MR) is 149 cm³/mol. The quantitative estimate of drug-likeness (QED) is 0.351. The summed E-state index contributed by atoms with van der Waals surface area (Å²) >= 11 is 0. The number of hydrogen-bond acceptors (Lipinski definition) is 7. The van der Waals surface area contributed by atoms with Gasteiger partial charge in [0.2, 0.25) is 11.8 Å². The number of piperazine rings is 1. The number of nitrogens with zero attached hydrogens (tertiary/aromatic N) is 6. The summed E-state index contributed by atoms with van der Waals surface area (Å²) < 4.78 is 8.40. The van der Waals surface area contributed by atoms with Crippen molar-refractivity contribution in [3.05, 3.63) is 53.9 Å². The fourth-order valence-corrected chi connectivity index (χ4v) is 5.89. The van der Waals surface area contributed by atoms with Crippen LogP contribution < -0.4 is 15.0 Å². The maximum Gasteiger partial charge on any atom is 0.247 e. The minimum absolute atomic E-state index is 0.510. The average Bonchev–Trinajstić information content (AvgIpc) is 3.47. The highest BCUT2D eigenvalue weighted by atomic mass is 16.5. The Kier molecular flexibility index (Phi) is 6.69. The van der Waals surface area contributed by atoms with Gasteiger partial charge in [-0.25, -0.2) is 4.98 Å². The highest BCUT2D eigenvalue weighted by Gasteiger charge is 2.34. The van der Waals surface area contributed by atoms with E-state index in [9.17, 15) is 0 Å². The lowest BCUT2D eigenvalue weighted by atomic mass is 9.98. The van der Waals surface area contributed by atoms with Crippen molar-refractivity contribution in [2.75, 3.05) is 45.2 Å². The molecule has 2 aliphatic heterocycles. The van der Waals surface area contributed by atoms with Gasteiger partial charge in [0.1, 0.15) is 0 Å². The Labute approximate surface area is 218 Å². The standard InChI is InChI=1S/C29H37N7O/c1-4-20-8-5-9-21-10-6-11-22(25(20)21)16-36-19-30-26-27(36)32-29(33-28(26)37-15-7-14-34(2)3)35-17-23-12-13-24(18-35)31-23/h5-6,8-11,19,23-24,31H,4,7,12-18H2,1-3H3/t23-,24+. The van der Waals surface area contributed by atoms with Crippen LogP contribution in [0.2, 0.25) is 0 Å². The van der Waals surface area contributed by atoms with Gasteiger partial charge < -0.3 is 24.4 Å². The van der Waals surface area contributed by atoms with E-state index < -0.39 is 0 Å². The SMILES string of the molecule is CCc1cccc2cccc(Cn3cnc4c(OCCCN(C)C)nc(N5C[C@H]6CC[C@@H](C5)N6)nc43)c12. The van der Waals surface area contributed by atoms with Crippen molar-refractivity contribution >= 4 is 27.9 Å². The van der Waals surface area contributed by atoms with E-state index in [0.29, 0.717) is 31.1 Å².